The number of pyridine rings is 1. The van der Waals surface area contributed by atoms with Crippen molar-refractivity contribution in [3.63, 3.8) is 0 Å². The molecule has 1 aromatic carbocycles. The van der Waals surface area contributed by atoms with Gasteiger partial charge in [-0.2, -0.15) is 0 Å². The molecule has 2 rings (SSSR count). The number of aliphatic carboxylic acids is 1. The van der Waals surface area contributed by atoms with Gasteiger partial charge in [-0.3, -0.25) is 4.98 Å². The maximum Gasteiger partial charge on any atom is 0.342 e. The van der Waals surface area contributed by atoms with Gasteiger partial charge in [0.15, 0.2) is 0 Å². The van der Waals surface area contributed by atoms with Crippen molar-refractivity contribution in [2.24, 2.45) is 0 Å². The molecule has 0 amide bonds. The Labute approximate surface area is 131 Å². The SMILES string of the molecule is Cl.O=C(O)/C(Br)=C\c1ccc(Cc2cccnc2)cc1. The Hall–Kier alpha value is -1.65. The first-order valence-electron chi connectivity index (χ1n) is 5.73. The van der Waals surface area contributed by atoms with Gasteiger partial charge in [-0.25, -0.2) is 4.79 Å². The van der Waals surface area contributed by atoms with Gasteiger partial charge in [0.2, 0.25) is 0 Å². The van der Waals surface area contributed by atoms with E-state index in [4.69, 9.17) is 5.11 Å². The van der Waals surface area contributed by atoms with Gasteiger partial charge in [0, 0.05) is 12.4 Å². The van der Waals surface area contributed by atoms with Crippen molar-refractivity contribution in [2.75, 3.05) is 0 Å². The van der Waals surface area contributed by atoms with E-state index in [0.29, 0.717) is 0 Å². The Kier molecular flexibility index (Phi) is 6.42. The van der Waals surface area contributed by atoms with E-state index in [0.717, 1.165) is 23.1 Å². The molecule has 1 heterocycles. The van der Waals surface area contributed by atoms with E-state index in [1.54, 1.807) is 12.3 Å². The van der Waals surface area contributed by atoms with Crippen LogP contribution in [-0.2, 0) is 11.2 Å². The minimum Gasteiger partial charge on any atom is -0.477 e. The highest BCUT2D eigenvalue weighted by Crippen LogP contribution is 2.15. The fourth-order valence-corrected chi connectivity index (χ4v) is 1.94. The predicted octanol–water partition coefficient (Wildman–Crippen LogP) is 3.91. The van der Waals surface area contributed by atoms with E-state index in [2.05, 4.69) is 20.9 Å². The molecular formula is C15H13BrClNO2. The lowest BCUT2D eigenvalue weighted by Gasteiger charge is -2.02. The van der Waals surface area contributed by atoms with Crippen LogP contribution in [0.25, 0.3) is 6.08 Å². The average Bonchev–Trinajstić information content (AvgIpc) is 2.42. The van der Waals surface area contributed by atoms with Gasteiger partial charge >= 0.3 is 5.97 Å². The number of carboxylic acid groups (broad SMARTS) is 1. The van der Waals surface area contributed by atoms with E-state index in [9.17, 15) is 4.79 Å². The van der Waals surface area contributed by atoms with Crippen molar-refractivity contribution >= 4 is 40.4 Å². The maximum absolute atomic E-state index is 10.7. The van der Waals surface area contributed by atoms with Crippen molar-refractivity contribution in [1.82, 2.24) is 4.98 Å². The van der Waals surface area contributed by atoms with Gasteiger partial charge in [-0.15, -0.1) is 12.4 Å². The second-order valence-corrected chi connectivity index (χ2v) is 4.93. The normalized spacial score (nSPS) is 10.8. The number of halogens is 2. The van der Waals surface area contributed by atoms with Gasteiger partial charge in [-0.1, -0.05) is 30.3 Å². The average molecular weight is 355 g/mol. The van der Waals surface area contributed by atoms with E-state index in [1.165, 1.54) is 0 Å². The van der Waals surface area contributed by atoms with Crippen molar-refractivity contribution in [3.05, 3.63) is 70.0 Å². The molecule has 0 spiro atoms. The van der Waals surface area contributed by atoms with Gasteiger partial charge in [0.25, 0.3) is 0 Å². The smallest absolute Gasteiger partial charge is 0.342 e. The number of rotatable bonds is 4. The third-order valence-corrected chi connectivity index (χ3v) is 3.18. The van der Waals surface area contributed by atoms with Crippen molar-refractivity contribution in [1.29, 1.82) is 0 Å². The van der Waals surface area contributed by atoms with E-state index >= 15 is 0 Å². The molecule has 0 bridgehead atoms. The monoisotopic (exact) mass is 353 g/mol. The maximum atomic E-state index is 10.7. The van der Waals surface area contributed by atoms with Crippen LogP contribution in [0.15, 0.2) is 53.3 Å². The fraction of sp³-hybridized carbons (Fsp3) is 0.0667. The highest BCUT2D eigenvalue weighted by molar-refractivity contribution is 9.12. The van der Waals surface area contributed by atoms with Gasteiger partial charge in [-0.05, 0) is 51.2 Å². The Morgan fingerprint density at radius 2 is 1.90 bits per heavy atom. The lowest BCUT2D eigenvalue weighted by molar-refractivity contribution is -0.131. The molecule has 0 unspecified atom stereocenters. The van der Waals surface area contributed by atoms with Crippen molar-refractivity contribution in [2.45, 2.75) is 6.42 Å². The summed E-state index contributed by atoms with van der Waals surface area (Å²) in [6.07, 6.45) is 5.99. The number of benzene rings is 1. The largest absolute Gasteiger partial charge is 0.477 e. The number of hydrogen-bond donors (Lipinski definition) is 1. The summed E-state index contributed by atoms with van der Waals surface area (Å²) in [4.78, 5) is 14.8. The molecule has 0 aliphatic heterocycles. The topological polar surface area (TPSA) is 50.2 Å². The third kappa shape index (κ3) is 4.79. The quantitative estimate of drug-likeness (QED) is 0.847. The summed E-state index contributed by atoms with van der Waals surface area (Å²) in [6, 6.07) is 11.7. The molecule has 0 atom stereocenters. The first kappa shape index (κ1) is 16.4. The van der Waals surface area contributed by atoms with Crippen LogP contribution in [0.3, 0.4) is 0 Å². The molecule has 5 heteroatoms. The van der Waals surface area contributed by atoms with Crippen LogP contribution < -0.4 is 0 Å². The van der Waals surface area contributed by atoms with Gasteiger partial charge in [0.1, 0.15) is 4.48 Å². The lowest BCUT2D eigenvalue weighted by atomic mass is 10.0. The zero-order valence-corrected chi connectivity index (χ0v) is 12.9. The van der Waals surface area contributed by atoms with Crippen LogP contribution in [0.2, 0.25) is 0 Å². The molecule has 20 heavy (non-hydrogen) atoms. The first-order chi connectivity index (χ1) is 9.15. The molecule has 3 nitrogen and oxygen atoms in total. The molecule has 0 aliphatic carbocycles. The first-order valence-corrected chi connectivity index (χ1v) is 6.53. The van der Waals surface area contributed by atoms with Crippen LogP contribution in [0.4, 0.5) is 0 Å². The molecule has 0 saturated carbocycles. The summed E-state index contributed by atoms with van der Waals surface area (Å²) in [6.45, 7) is 0. The Balaban J connectivity index is 0.00000200. The van der Waals surface area contributed by atoms with E-state index in [-0.39, 0.29) is 16.9 Å². The zero-order valence-electron chi connectivity index (χ0n) is 10.5. The zero-order chi connectivity index (χ0) is 13.7. The van der Waals surface area contributed by atoms with Gasteiger partial charge in [0.05, 0.1) is 0 Å². The standard InChI is InChI=1S/C15H12BrNO2.ClH/c16-14(15(18)19)9-12-5-3-11(4-6-12)8-13-2-1-7-17-10-13;/h1-7,9-10H,8H2,(H,18,19);1H/b14-9+;. The van der Waals surface area contributed by atoms with Crippen molar-refractivity contribution in [3.8, 4) is 0 Å². The molecule has 104 valence electrons. The molecule has 1 N–H and O–H groups in total. The van der Waals surface area contributed by atoms with E-state index in [1.807, 2.05) is 42.6 Å². The second kappa shape index (κ2) is 7.82. The summed E-state index contributed by atoms with van der Waals surface area (Å²) < 4.78 is 0.146. The molecular weight excluding hydrogens is 342 g/mol. The summed E-state index contributed by atoms with van der Waals surface area (Å²) in [5.74, 6) is -0.973. The molecule has 0 radical (unpaired) electrons. The molecule has 1 aromatic heterocycles. The molecule has 0 aliphatic rings. The molecule has 2 aromatic rings. The molecule has 0 fully saturated rings. The van der Waals surface area contributed by atoms with E-state index < -0.39 is 5.97 Å². The Morgan fingerprint density at radius 3 is 2.45 bits per heavy atom. The summed E-state index contributed by atoms with van der Waals surface area (Å²) in [5, 5.41) is 8.77. The summed E-state index contributed by atoms with van der Waals surface area (Å²) in [7, 11) is 0. The number of carboxylic acids is 1. The van der Waals surface area contributed by atoms with Crippen LogP contribution >= 0.6 is 28.3 Å². The number of aromatic nitrogens is 1. The predicted molar refractivity (Wildman–Crippen MR) is 85.3 cm³/mol. The van der Waals surface area contributed by atoms with Crippen LogP contribution in [-0.4, -0.2) is 16.1 Å². The minimum atomic E-state index is -0.973. The fourth-order valence-electron chi connectivity index (χ4n) is 1.68. The minimum absolute atomic E-state index is 0. The van der Waals surface area contributed by atoms with Crippen LogP contribution in [0.1, 0.15) is 16.7 Å². The van der Waals surface area contributed by atoms with Crippen LogP contribution in [0.5, 0.6) is 0 Å². The number of carbonyl (C=O) groups is 1. The second-order valence-electron chi connectivity index (χ2n) is 4.08. The van der Waals surface area contributed by atoms with Crippen LogP contribution in [0, 0.1) is 0 Å². The Morgan fingerprint density at radius 1 is 1.20 bits per heavy atom. The summed E-state index contributed by atoms with van der Waals surface area (Å²) in [5.41, 5.74) is 3.17. The van der Waals surface area contributed by atoms with Crippen molar-refractivity contribution < 1.29 is 9.90 Å². The third-order valence-electron chi connectivity index (χ3n) is 2.61. The van der Waals surface area contributed by atoms with Gasteiger partial charge < -0.3 is 5.11 Å². The number of hydrogen-bond acceptors (Lipinski definition) is 2. The highest BCUT2D eigenvalue weighted by atomic mass is 79.9. The molecule has 0 saturated heterocycles. The summed E-state index contributed by atoms with van der Waals surface area (Å²) >= 11 is 3.00. The lowest BCUT2D eigenvalue weighted by Crippen LogP contribution is -1.93. The number of nitrogens with zero attached hydrogens (tertiary/aromatic N) is 1. The highest BCUT2D eigenvalue weighted by Gasteiger charge is 2.02. The Bertz CT molecular complexity index is 597.